The van der Waals surface area contributed by atoms with Crippen LogP contribution in [0.25, 0.3) is 0 Å². The average molecular weight is 292 g/mol. The SMILES string of the molecule is COP(=O)(Oc1cccc(C)c1)Oc1cccc(C)c1. The third kappa shape index (κ3) is 3.86. The second-order valence-corrected chi connectivity index (χ2v) is 6.07. The molecule has 0 heterocycles. The van der Waals surface area contributed by atoms with E-state index < -0.39 is 7.82 Å². The normalized spacial score (nSPS) is 11.2. The van der Waals surface area contributed by atoms with E-state index in [9.17, 15) is 4.57 Å². The van der Waals surface area contributed by atoms with Gasteiger partial charge in [0.2, 0.25) is 0 Å². The van der Waals surface area contributed by atoms with Crippen LogP contribution >= 0.6 is 7.82 Å². The summed E-state index contributed by atoms with van der Waals surface area (Å²) in [5.74, 6) is 0.894. The van der Waals surface area contributed by atoms with Crippen LogP contribution in [0, 0.1) is 13.8 Å². The summed E-state index contributed by atoms with van der Waals surface area (Å²) in [6.07, 6.45) is 0. The Kier molecular flexibility index (Phi) is 4.48. The van der Waals surface area contributed by atoms with Gasteiger partial charge in [0, 0.05) is 7.11 Å². The van der Waals surface area contributed by atoms with E-state index >= 15 is 0 Å². The van der Waals surface area contributed by atoms with E-state index in [1.807, 2.05) is 38.1 Å². The summed E-state index contributed by atoms with van der Waals surface area (Å²) in [5.41, 5.74) is 2.00. The molecular weight excluding hydrogens is 275 g/mol. The molecule has 0 radical (unpaired) electrons. The van der Waals surface area contributed by atoms with Crippen LogP contribution in [-0.4, -0.2) is 7.11 Å². The Labute approximate surface area is 118 Å². The fourth-order valence-electron chi connectivity index (χ4n) is 1.70. The first kappa shape index (κ1) is 14.6. The van der Waals surface area contributed by atoms with Gasteiger partial charge in [-0.15, -0.1) is 0 Å². The smallest absolute Gasteiger partial charge is 0.395 e. The molecule has 0 aliphatic heterocycles. The Hall–Kier alpha value is -1.77. The molecule has 0 atom stereocenters. The van der Waals surface area contributed by atoms with Gasteiger partial charge in [-0.05, 0) is 49.2 Å². The van der Waals surface area contributed by atoms with E-state index in [1.165, 1.54) is 7.11 Å². The zero-order chi connectivity index (χ0) is 14.6. The second kappa shape index (κ2) is 6.12. The van der Waals surface area contributed by atoms with Crippen LogP contribution in [0.2, 0.25) is 0 Å². The first-order valence-corrected chi connectivity index (χ1v) is 7.65. The standard InChI is InChI=1S/C15H17O4P/c1-12-6-4-8-14(10-12)18-20(16,17-3)19-15-9-5-7-13(2)11-15/h4-11H,1-3H3. The maximum absolute atomic E-state index is 12.5. The third-order valence-corrected chi connectivity index (χ3v) is 3.95. The van der Waals surface area contributed by atoms with Crippen LogP contribution in [0.4, 0.5) is 0 Å². The number of hydrogen-bond acceptors (Lipinski definition) is 4. The molecule has 0 amide bonds. The van der Waals surface area contributed by atoms with E-state index in [2.05, 4.69) is 0 Å². The van der Waals surface area contributed by atoms with Gasteiger partial charge in [-0.3, -0.25) is 4.52 Å². The molecule has 0 saturated carbocycles. The summed E-state index contributed by atoms with van der Waals surface area (Å²) in [4.78, 5) is 0. The Morgan fingerprint density at radius 1 is 0.850 bits per heavy atom. The average Bonchev–Trinajstić information content (AvgIpc) is 2.38. The highest BCUT2D eigenvalue weighted by atomic mass is 31.2. The maximum Gasteiger partial charge on any atom is 0.587 e. The summed E-state index contributed by atoms with van der Waals surface area (Å²) < 4.78 is 28.2. The highest BCUT2D eigenvalue weighted by molar-refractivity contribution is 7.49. The van der Waals surface area contributed by atoms with Crippen LogP contribution < -0.4 is 9.05 Å². The van der Waals surface area contributed by atoms with Crippen LogP contribution in [0.5, 0.6) is 11.5 Å². The minimum Gasteiger partial charge on any atom is -0.395 e. The lowest BCUT2D eigenvalue weighted by molar-refractivity contribution is 0.250. The van der Waals surface area contributed by atoms with E-state index in [0.717, 1.165) is 11.1 Å². The predicted molar refractivity (Wildman–Crippen MR) is 78.2 cm³/mol. The summed E-state index contributed by atoms with van der Waals surface area (Å²) in [5, 5.41) is 0. The summed E-state index contributed by atoms with van der Waals surface area (Å²) in [7, 11) is -2.39. The molecular formula is C15H17O4P. The van der Waals surface area contributed by atoms with Crippen molar-refractivity contribution >= 4 is 7.82 Å². The molecule has 0 aromatic heterocycles. The molecule has 0 spiro atoms. The number of phosphoric ester groups is 1. The topological polar surface area (TPSA) is 44.8 Å². The quantitative estimate of drug-likeness (QED) is 0.760. The molecule has 0 fully saturated rings. The van der Waals surface area contributed by atoms with Gasteiger partial charge in [0.15, 0.2) is 0 Å². The van der Waals surface area contributed by atoms with E-state index in [1.54, 1.807) is 24.3 Å². The van der Waals surface area contributed by atoms with Crippen molar-refractivity contribution < 1.29 is 18.1 Å². The van der Waals surface area contributed by atoms with Crippen molar-refractivity contribution in [3.05, 3.63) is 59.7 Å². The Morgan fingerprint density at radius 3 is 1.65 bits per heavy atom. The molecule has 2 aromatic rings. The van der Waals surface area contributed by atoms with E-state index in [4.69, 9.17) is 13.6 Å². The highest BCUT2D eigenvalue weighted by Crippen LogP contribution is 2.48. The van der Waals surface area contributed by atoms with Crippen LogP contribution in [0.3, 0.4) is 0 Å². The van der Waals surface area contributed by atoms with E-state index in [0.29, 0.717) is 11.5 Å². The molecule has 0 saturated heterocycles. The van der Waals surface area contributed by atoms with E-state index in [-0.39, 0.29) is 0 Å². The van der Waals surface area contributed by atoms with Crippen LogP contribution in [0.15, 0.2) is 48.5 Å². The van der Waals surface area contributed by atoms with Gasteiger partial charge in [0.25, 0.3) is 0 Å². The molecule has 5 heteroatoms. The van der Waals surface area contributed by atoms with Gasteiger partial charge < -0.3 is 9.05 Å². The molecule has 20 heavy (non-hydrogen) atoms. The van der Waals surface area contributed by atoms with Crippen LogP contribution in [-0.2, 0) is 9.09 Å². The molecule has 4 nitrogen and oxygen atoms in total. The van der Waals surface area contributed by atoms with Crippen molar-refractivity contribution in [2.24, 2.45) is 0 Å². The van der Waals surface area contributed by atoms with Crippen molar-refractivity contribution in [2.75, 3.05) is 7.11 Å². The van der Waals surface area contributed by atoms with Crippen molar-refractivity contribution in [3.63, 3.8) is 0 Å². The molecule has 2 rings (SSSR count). The largest absolute Gasteiger partial charge is 0.587 e. The molecule has 106 valence electrons. The Morgan fingerprint density at radius 2 is 1.30 bits per heavy atom. The summed E-state index contributed by atoms with van der Waals surface area (Å²) in [6, 6.07) is 14.4. The maximum atomic E-state index is 12.5. The Balaban J connectivity index is 2.19. The fraction of sp³-hybridized carbons (Fsp3) is 0.200. The van der Waals surface area contributed by atoms with Crippen molar-refractivity contribution in [3.8, 4) is 11.5 Å². The number of rotatable bonds is 5. The molecule has 0 unspecified atom stereocenters. The number of benzene rings is 2. The predicted octanol–water partition coefficient (Wildman–Crippen LogP) is 4.52. The molecule has 0 N–H and O–H groups in total. The minimum absolute atomic E-state index is 0.447. The van der Waals surface area contributed by atoms with Crippen molar-refractivity contribution in [1.82, 2.24) is 0 Å². The first-order valence-electron chi connectivity index (χ1n) is 6.19. The lowest BCUT2D eigenvalue weighted by Crippen LogP contribution is -2.03. The van der Waals surface area contributed by atoms with Crippen LogP contribution in [0.1, 0.15) is 11.1 Å². The fourth-order valence-corrected chi connectivity index (χ4v) is 2.63. The minimum atomic E-state index is -3.68. The highest BCUT2D eigenvalue weighted by Gasteiger charge is 2.29. The lowest BCUT2D eigenvalue weighted by atomic mass is 10.2. The second-order valence-electron chi connectivity index (χ2n) is 4.45. The van der Waals surface area contributed by atoms with Gasteiger partial charge in [-0.1, -0.05) is 24.3 Å². The van der Waals surface area contributed by atoms with Gasteiger partial charge in [-0.25, -0.2) is 4.57 Å². The van der Waals surface area contributed by atoms with Gasteiger partial charge in [-0.2, -0.15) is 0 Å². The van der Waals surface area contributed by atoms with Crippen molar-refractivity contribution in [2.45, 2.75) is 13.8 Å². The van der Waals surface area contributed by atoms with Gasteiger partial charge >= 0.3 is 7.82 Å². The zero-order valence-electron chi connectivity index (χ0n) is 11.7. The molecule has 2 aromatic carbocycles. The zero-order valence-corrected chi connectivity index (χ0v) is 12.6. The third-order valence-electron chi connectivity index (χ3n) is 2.64. The number of aryl methyl sites for hydroxylation is 2. The summed E-state index contributed by atoms with van der Waals surface area (Å²) in [6.45, 7) is 3.85. The van der Waals surface area contributed by atoms with Crippen molar-refractivity contribution in [1.29, 1.82) is 0 Å². The summed E-state index contributed by atoms with van der Waals surface area (Å²) >= 11 is 0. The van der Waals surface area contributed by atoms with Gasteiger partial charge in [0.1, 0.15) is 11.5 Å². The molecule has 0 aliphatic rings. The number of phosphoric acid groups is 1. The number of hydrogen-bond donors (Lipinski definition) is 0. The monoisotopic (exact) mass is 292 g/mol. The van der Waals surface area contributed by atoms with Gasteiger partial charge in [0.05, 0.1) is 0 Å². The first-order chi connectivity index (χ1) is 9.50. The lowest BCUT2D eigenvalue weighted by Gasteiger charge is -2.17. The Bertz CT molecular complexity index is 588. The molecule has 0 aliphatic carbocycles. The molecule has 0 bridgehead atoms.